The Bertz CT molecular complexity index is 889. The predicted octanol–water partition coefficient (Wildman–Crippen LogP) is 2.82. The number of thiophene rings is 1. The second-order valence-corrected chi connectivity index (χ2v) is 8.14. The van der Waals surface area contributed by atoms with Crippen LogP contribution in [0.15, 0.2) is 46.2 Å². The van der Waals surface area contributed by atoms with Crippen molar-refractivity contribution in [1.29, 1.82) is 0 Å². The van der Waals surface area contributed by atoms with E-state index in [0.29, 0.717) is 23.4 Å². The number of rotatable bonds is 4. The normalized spacial score (nSPS) is 17.7. The van der Waals surface area contributed by atoms with Crippen LogP contribution in [0.4, 0.5) is 5.69 Å². The number of anilines is 1. The molecule has 0 fully saturated rings. The average molecular weight is 363 g/mol. The Labute approximate surface area is 144 Å². The first-order valence-corrected chi connectivity index (χ1v) is 10.1. The van der Waals surface area contributed by atoms with Crippen molar-refractivity contribution in [2.45, 2.75) is 19.4 Å². The largest absolute Gasteiger partial charge is 0.283 e. The van der Waals surface area contributed by atoms with Gasteiger partial charge in [-0.15, -0.1) is 0 Å². The molecular weight excluding hydrogens is 346 g/mol. The van der Waals surface area contributed by atoms with Crippen LogP contribution < -0.4 is 4.72 Å². The smallest absolute Gasteiger partial charge is 0.240 e. The Balaban J connectivity index is 1.99. The molecular formula is C16H17N3O3S2. The Hall–Kier alpha value is -2.19. The minimum Gasteiger partial charge on any atom is -0.283 e. The van der Waals surface area contributed by atoms with Crippen molar-refractivity contribution < 1.29 is 13.2 Å². The lowest BCUT2D eigenvalue weighted by Crippen LogP contribution is -2.23. The van der Waals surface area contributed by atoms with Gasteiger partial charge in [-0.2, -0.15) is 16.4 Å². The van der Waals surface area contributed by atoms with Gasteiger partial charge in [0.25, 0.3) is 0 Å². The van der Waals surface area contributed by atoms with Gasteiger partial charge in [-0.05, 0) is 28.5 Å². The highest BCUT2D eigenvalue weighted by Gasteiger charge is 2.32. The summed E-state index contributed by atoms with van der Waals surface area (Å²) in [6.07, 6.45) is 1.65. The van der Waals surface area contributed by atoms with Crippen LogP contribution in [-0.2, 0) is 14.8 Å². The molecule has 8 heteroatoms. The lowest BCUT2D eigenvalue weighted by molar-refractivity contribution is -0.130. The molecule has 0 unspecified atom stereocenters. The quantitative estimate of drug-likeness (QED) is 0.907. The van der Waals surface area contributed by atoms with E-state index < -0.39 is 10.0 Å². The maximum absolute atomic E-state index is 12.0. The third-order valence-electron chi connectivity index (χ3n) is 3.69. The molecule has 0 saturated carbocycles. The number of amides is 1. The lowest BCUT2D eigenvalue weighted by Gasteiger charge is -2.18. The second kappa shape index (κ2) is 6.37. The maximum atomic E-state index is 12.0. The van der Waals surface area contributed by atoms with Crippen molar-refractivity contribution in [3.63, 3.8) is 0 Å². The van der Waals surface area contributed by atoms with E-state index >= 15 is 0 Å². The summed E-state index contributed by atoms with van der Waals surface area (Å²) in [6, 6.07) is 8.89. The second-order valence-electron chi connectivity index (χ2n) is 5.61. The number of nitrogens with one attached hydrogen (secondary N) is 1. The van der Waals surface area contributed by atoms with Crippen LogP contribution in [0.5, 0.6) is 0 Å². The van der Waals surface area contributed by atoms with Gasteiger partial charge in [-0.3, -0.25) is 9.52 Å². The SMILES string of the molecule is CC(=O)N1N=C(c2ccccc2NS(C)(=O)=O)C[C@@H]1c1ccsc1. The van der Waals surface area contributed by atoms with E-state index in [-0.39, 0.29) is 11.9 Å². The molecule has 1 aliphatic heterocycles. The van der Waals surface area contributed by atoms with Crippen molar-refractivity contribution in [3.8, 4) is 0 Å². The first-order valence-electron chi connectivity index (χ1n) is 7.32. The van der Waals surface area contributed by atoms with Crippen LogP contribution in [0.3, 0.4) is 0 Å². The van der Waals surface area contributed by atoms with Gasteiger partial charge in [0.1, 0.15) is 0 Å². The molecule has 0 bridgehead atoms. The van der Waals surface area contributed by atoms with Gasteiger partial charge in [0.05, 0.1) is 23.7 Å². The van der Waals surface area contributed by atoms with Gasteiger partial charge in [-0.1, -0.05) is 18.2 Å². The van der Waals surface area contributed by atoms with Gasteiger partial charge in [0, 0.05) is 18.9 Å². The van der Waals surface area contributed by atoms with Crippen molar-refractivity contribution in [3.05, 3.63) is 52.2 Å². The van der Waals surface area contributed by atoms with E-state index in [1.165, 1.54) is 11.9 Å². The summed E-state index contributed by atoms with van der Waals surface area (Å²) in [5.74, 6) is -0.144. The number of sulfonamides is 1. The maximum Gasteiger partial charge on any atom is 0.240 e. The minimum atomic E-state index is -3.40. The van der Waals surface area contributed by atoms with E-state index in [0.717, 1.165) is 11.8 Å². The van der Waals surface area contributed by atoms with E-state index in [2.05, 4.69) is 9.82 Å². The number of para-hydroxylation sites is 1. The molecule has 6 nitrogen and oxygen atoms in total. The highest BCUT2D eigenvalue weighted by atomic mass is 32.2. The van der Waals surface area contributed by atoms with Crippen LogP contribution in [0.25, 0.3) is 0 Å². The number of benzene rings is 1. The van der Waals surface area contributed by atoms with E-state index in [4.69, 9.17) is 0 Å². The van der Waals surface area contributed by atoms with Crippen LogP contribution >= 0.6 is 11.3 Å². The number of carbonyl (C=O) groups is 1. The Kier molecular flexibility index (Phi) is 4.42. The minimum absolute atomic E-state index is 0.144. The van der Waals surface area contributed by atoms with Crippen molar-refractivity contribution in [1.82, 2.24) is 5.01 Å². The molecule has 2 heterocycles. The first-order chi connectivity index (χ1) is 11.3. The molecule has 1 aromatic heterocycles. The summed E-state index contributed by atoms with van der Waals surface area (Å²) in [7, 11) is -3.40. The fourth-order valence-electron chi connectivity index (χ4n) is 2.71. The lowest BCUT2D eigenvalue weighted by atomic mass is 9.99. The van der Waals surface area contributed by atoms with E-state index in [9.17, 15) is 13.2 Å². The Morgan fingerprint density at radius 3 is 2.71 bits per heavy atom. The Morgan fingerprint density at radius 1 is 1.33 bits per heavy atom. The van der Waals surface area contributed by atoms with Crippen LogP contribution in [-0.4, -0.2) is 31.3 Å². The van der Waals surface area contributed by atoms with Crippen LogP contribution in [0.2, 0.25) is 0 Å². The number of hydrogen-bond acceptors (Lipinski definition) is 5. The predicted molar refractivity (Wildman–Crippen MR) is 95.6 cm³/mol. The highest BCUT2D eigenvalue weighted by Crippen LogP contribution is 2.35. The summed E-state index contributed by atoms with van der Waals surface area (Å²) in [6.45, 7) is 1.48. The number of hydrogen-bond donors (Lipinski definition) is 1. The molecule has 2 aromatic rings. The first kappa shape index (κ1) is 16.7. The average Bonchev–Trinajstić information content (AvgIpc) is 3.15. The molecule has 1 aromatic carbocycles. The van der Waals surface area contributed by atoms with Crippen LogP contribution in [0.1, 0.15) is 30.5 Å². The summed E-state index contributed by atoms with van der Waals surface area (Å²) < 4.78 is 25.7. The zero-order valence-corrected chi connectivity index (χ0v) is 14.9. The summed E-state index contributed by atoms with van der Waals surface area (Å²) in [5, 5.41) is 9.89. The molecule has 0 spiro atoms. The van der Waals surface area contributed by atoms with Gasteiger partial charge >= 0.3 is 0 Å². The number of hydrazone groups is 1. The number of carbonyl (C=O) groups excluding carboxylic acids is 1. The topological polar surface area (TPSA) is 78.8 Å². The molecule has 1 aliphatic rings. The van der Waals surface area contributed by atoms with Gasteiger partial charge in [0.15, 0.2) is 0 Å². The molecule has 24 heavy (non-hydrogen) atoms. The van der Waals surface area contributed by atoms with Crippen LogP contribution in [0, 0.1) is 0 Å². The molecule has 1 amide bonds. The van der Waals surface area contributed by atoms with Crippen molar-refractivity contribution >= 4 is 38.7 Å². The summed E-state index contributed by atoms with van der Waals surface area (Å²) in [5.41, 5.74) is 2.87. The summed E-state index contributed by atoms with van der Waals surface area (Å²) >= 11 is 1.57. The van der Waals surface area contributed by atoms with E-state index in [1.807, 2.05) is 22.9 Å². The Morgan fingerprint density at radius 2 is 2.08 bits per heavy atom. The third kappa shape index (κ3) is 3.49. The van der Waals surface area contributed by atoms with E-state index in [1.54, 1.807) is 29.5 Å². The fraction of sp³-hybridized carbons (Fsp3) is 0.250. The molecule has 1 atom stereocenters. The zero-order valence-electron chi connectivity index (χ0n) is 13.3. The molecule has 1 N–H and O–H groups in total. The highest BCUT2D eigenvalue weighted by molar-refractivity contribution is 7.92. The fourth-order valence-corrected chi connectivity index (χ4v) is 4.00. The third-order valence-corrected chi connectivity index (χ3v) is 4.99. The van der Waals surface area contributed by atoms with Crippen molar-refractivity contribution in [2.24, 2.45) is 5.10 Å². The molecule has 126 valence electrons. The molecule has 0 aliphatic carbocycles. The standard InChI is InChI=1S/C16H17N3O3S2/c1-11(20)19-16(12-7-8-23-10-12)9-15(17-19)13-5-3-4-6-14(13)18-24(2,21)22/h3-8,10,16,18H,9H2,1-2H3/t16-/m1/s1. The summed E-state index contributed by atoms with van der Waals surface area (Å²) in [4.78, 5) is 12.0. The van der Waals surface area contributed by atoms with Gasteiger partial charge in [-0.25, -0.2) is 13.4 Å². The molecule has 0 saturated heterocycles. The molecule has 0 radical (unpaired) electrons. The van der Waals surface area contributed by atoms with Gasteiger partial charge in [0.2, 0.25) is 15.9 Å². The van der Waals surface area contributed by atoms with Crippen molar-refractivity contribution in [2.75, 3.05) is 11.0 Å². The zero-order chi connectivity index (χ0) is 17.3. The van der Waals surface area contributed by atoms with Gasteiger partial charge < -0.3 is 0 Å². The number of nitrogens with zero attached hydrogens (tertiary/aromatic N) is 2. The molecule has 3 rings (SSSR count). The monoisotopic (exact) mass is 363 g/mol.